The molecule has 4 heteroatoms. The minimum Gasteiger partial charge on any atom is -0.374 e. The molecule has 0 saturated carbocycles. The highest BCUT2D eigenvalue weighted by Gasteiger charge is 1.96. The summed E-state index contributed by atoms with van der Waals surface area (Å²) in [5.74, 6) is 0.743. The van der Waals surface area contributed by atoms with Crippen LogP contribution in [-0.4, -0.2) is 23.1 Å². The summed E-state index contributed by atoms with van der Waals surface area (Å²) in [5.41, 5.74) is 1.10. The molecule has 0 amide bonds. The van der Waals surface area contributed by atoms with Gasteiger partial charge in [0.25, 0.3) is 0 Å². The van der Waals surface area contributed by atoms with E-state index in [9.17, 15) is 0 Å². The van der Waals surface area contributed by atoms with Crippen LogP contribution in [0.2, 0.25) is 0 Å². The van der Waals surface area contributed by atoms with E-state index in [4.69, 9.17) is 4.74 Å². The molecule has 0 aliphatic heterocycles. The molecule has 1 heterocycles. The second kappa shape index (κ2) is 6.45. The van der Waals surface area contributed by atoms with Crippen LogP contribution in [0.5, 0.6) is 0 Å². The van der Waals surface area contributed by atoms with Gasteiger partial charge < -0.3 is 10.1 Å². The number of aromatic nitrogens is 2. The van der Waals surface area contributed by atoms with Crippen molar-refractivity contribution < 1.29 is 4.74 Å². The van der Waals surface area contributed by atoms with Crippen LogP contribution in [0.3, 0.4) is 0 Å². The Balaban J connectivity index is 2.42. The molecule has 0 aliphatic carbocycles. The van der Waals surface area contributed by atoms with E-state index in [2.05, 4.69) is 22.2 Å². The first-order valence-electron chi connectivity index (χ1n) is 4.95. The van der Waals surface area contributed by atoms with Crippen LogP contribution in [0.1, 0.15) is 25.2 Å². The van der Waals surface area contributed by atoms with E-state index in [1.54, 1.807) is 0 Å². The number of rotatable bonds is 6. The van der Waals surface area contributed by atoms with E-state index in [0.29, 0.717) is 13.2 Å². The van der Waals surface area contributed by atoms with Crippen molar-refractivity contribution in [1.82, 2.24) is 15.3 Å². The van der Waals surface area contributed by atoms with Gasteiger partial charge in [-0.1, -0.05) is 6.92 Å². The van der Waals surface area contributed by atoms with Crippen LogP contribution in [0, 0.1) is 0 Å². The maximum atomic E-state index is 5.20. The summed E-state index contributed by atoms with van der Waals surface area (Å²) in [7, 11) is 0. The minimum atomic E-state index is 0.498. The Morgan fingerprint density at radius 1 is 1.29 bits per heavy atom. The average Bonchev–Trinajstić information content (AvgIpc) is 2.25. The third-order valence-electron chi connectivity index (χ3n) is 1.77. The number of nitrogens with zero attached hydrogens (tertiary/aromatic N) is 2. The summed E-state index contributed by atoms with van der Waals surface area (Å²) >= 11 is 0. The normalized spacial score (nSPS) is 10.4. The summed E-state index contributed by atoms with van der Waals surface area (Å²) in [6.07, 6.45) is 3.67. The van der Waals surface area contributed by atoms with Gasteiger partial charge in [-0.15, -0.1) is 0 Å². The molecule has 1 rings (SSSR count). The zero-order valence-corrected chi connectivity index (χ0v) is 8.79. The second-order valence-electron chi connectivity index (χ2n) is 2.93. The van der Waals surface area contributed by atoms with Crippen LogP contribution in [-0.2, 0) is 17.9 Å². The molecule has 1 aromatic heterocycles. The second-order valence-corrected chi connectivity index (χ2v) is 2.93. The molecule has 78 valence electrons. The van der Waals surface area contributed by atoms with Gasteiger partial charge in [0.05, 0.1) is 0 Å². The van der Waals surface area contributed by atoms with Crippen molar-refractivity contribution in [3.63, 3.8) is 0 Å². The Labute approximate surface area is 84.7 Å². The molecule has 0 radical (unpaired) electrons. The summed E-state index contributed by atoms with van der Waals surface area (Å²) in [6, 6.07) is 0. The molecule has 0 atom stereocenters. The molecule has 4 nitrogen and oxygen atoms in total. The van der Waals surface area contributed by atoms with E-state index < -0.39 is 0 Å². The molecule has 0 saturated heterocycles. The third-order valence-corrected chi connectivity index (χ3v) is 1.77. The first-order valence-corrected chi connectivity index (χ1v) is 4.95. The lowest BCUT2D eigenvalue weighted by Gasteiger charge is -2.02. The average molecular weight is 195 g/mol. The SMILES string of the molecule is CCNCc1cnc(COCC)nc1. The van der Waals surface area contributed by atoms with Crippen molar-refractivity contribution >= 4 is 0 Å². The molecule has 0 aliphatic rings. The molecule has 0 aromatic carbocycles. The number of nitrogens with one attached hydrogen (secondary N) is 1. The fourth-order valence-corrected chi connectivity index (χ4v) is 1.01. The Bertz CT molecular complexity index is 221. The summed E-state index contributed by atoms with van der Waals surface area (Å²) in [6.45, 7) is 7.01. The van der Waals surface area contributed by atoms with Gasteiger partial charge in [-0.2, -0.15) is 0 Å². The van der Waals surface area contributed by atoms with Crippen molar-refractivity contribution in [2.24, 2.45) is 0 Å². The fraction of sp³-hybridized carbons (Fsp3) is 0.600. The smallest absolute Gasteiger partial charge is 0.153 e. The lowest BCUT2D eigenvalue weighted by molar-refractivity contribution is 0.128. The number of ether oxygens (including phenoxy) is 1. The monoisotopic (exact) mass is 195 g/mol. The van der Waals surface area contributed by atoms with Crippen molar-refractivity contribution in [2.45, 2.75) is 27.0 Å². The highest BCUT2D eigenvalue weighted by atomic mass is 16.5. The standard InChI is InChI=1S/C10H17N3O/c1-3-11-5-9-6-12-10(13-7-9)8-14-4-2/h6-7,11H,3-5,8H2,1-2H3. The zero-order chi connectivity index (χ0) is 10.2. The Hall–Kier alpha value is -1.00. The highest BCUT2D eigenvalue weighted by Crippen LogP contribution is 1.97. The Kier molecular flexibility index (Phi) is 5.11. The van der Waals surface area contributed by atoms with E-state index in [-0.39, 0.29) is 0 Å². The molecular weight excluding hydrogens is 178 g/mol. The number of hydrogen-bond acceptors (Lipinski definition) is 4. The molecule has 0 fully saturated rings. The van der Waals surface area contributed by atoms with Gasteiger partial charge in [-0.25, -0.2) is 9.97 Å². The third kappa shape index (κ3) is 3.81. The summed E-state index contributed by atoms with van der Waals surface area (Å²) < 4.78 is 5.20. The van der Waals surface area contributed by atoms with Crippen LogP contribution in [0.4, 0.5) is 0 Å². The van der Waals surface area contributed by atoms with Crippen molar-refractivity contribution in [3.05, 3.63) is 23.8 Å². The van der Waals surface area contributed by atoms with Crippen LogP contribution in [0.25, 0.3) is 0 Å². The molecule has 0 bridgehead atoms. The van der Waals surface area contributed by atoms with E-state index in [1.165, 1.54) is 0 Å². The quantitative estimate of drug-likeness (QED) is 0.739. The lowest BCUT2D eigenvalue weighted by Crippen LogP contribution is -2.12. The van der Waals surface area contributed by atoms with Gasteiger partial charge in [0, 0.05) is 31.1 Å². The first-order chi connectivity index (χ1) is 6.86. The van der Waals surface area contributed by atoms with Gasteiger partial charge in [0.15, 0.2) is 5.82 Å². The molecule has 0 unspecified atom stereocenters. The van der Waals surface area contributed by atoms with E-state index in [0.717, 1.165) is 24.5 Å². The van der Waals surface area contributed by atoms with Gasteiger partial charge >= 0.3 is 0 Å². The van der Waals surface area contributed by atoms with E-state index in [1.807, 2.05) is 19.3 Å². The maximum Gasteiger partial charge on any atom is 0.153 e. The largest absolute Gasteiger partial charge is 0.374 e. The Morgan fingerprint density at radius 3 is 2.57 bits per heavy atom. The predicted octanol–water partition coefficient (Wildman–Crippen LogP) is 1.12. The topological polar surface area (TPSA) is 47.0 Å². The molecule has 14 heavy (non-hydrogen) atoms. The van der Waals surface area contributed by atoms with Crippen molar-refractivity contribution in [1.29, 1.82) is 0 Å². The first kappa shape index (κ1) is 11.1. The highest BCUT2D eigenvalue weighted by molar-refractivity contribution is 5.04. The van der Waals surface area contributed by atoms with Gasteiger partial charge in [0.1, 0.15) is 6.61 Å². The fourth-order valence-electron chi connectivity index (χ4n) is 1.01. The Morgan fingerprint density at radius 2 is 2.00 bits per heavy atom. The summed E-state index contributed by atoms with van der Waals surface area (Å²) in [5, 5.41) is 3.22. The molecule has 1 aromatic rings. The zero-order valence-electron chi connectivity index (χ0n) is 8.79. The van der Waals surface area contributed by atoms with E-state index >= 15 is 0 Å². The summed E-state index contributed by atoms with van der Waals surface area (Å²) in [4.78, 5) is 8.39. The van der Waals surface area contributed by atoms with Gasteiger partial charge in [0.2, 0.25) is 0 Å². The minimum absolute atomic E-state index is 0.498. The molecule has 0 spiro atoms. The van der Waals surface area contributed by atoms with Crippen LogP contribution in [0.15, 0.2) is 12.4 Å². The van der Waals surface area contributed by atoms with Crippen LogP contribution >= 0.6 is 0 Å². The van der Waals surface area contributed by atoms with Crippen molar-refractivity contribution in [2.75, 3.05) is 13.2 Å². The maximum absolute atomic E-state index is 5.20. The number of hydrogen-bond donors (Lipinski definition) is 1. The van der Waals surface area contributed by atoms with Crippen molar-refractivity contribution in [3.8, 4) is 0 Å². The van der Waals surface area contributed by atoms with Gasteiger partial charge in [-0.3, -0.25) is 0 Å². The lowest BCUT2D eigenvalue weighted by atomic mass is 10.3. The predicted molar refractivity (Wildman–Crippen MR) is 54.7 cm³/mol. The molecule has 1 N–H and O–H groups in total. The van der Waals surface area contributed by atoms with Crippen LogP contribution < -0.4 is 5.32 Å². The van der Waals surface area contributed by atoms with Gasteiger partial charge in [-0.05, 0) is 13.5 Å². The molecular formula is C10H17N3O.